The summed E-state index contributed by atoms with van der Waals surface area (Å²) < 4.78 is 0. The summed E-state index contributed by atoms with van der Waals surface area (Å²) in [6.07, 6.45) is 4.45. The van der Waals surface area contributed by atoms with Crippen molar-refractivity contribution in [2.75, 3.05) is 18.4 Å². The second kappa shape index (κ2) is 7.81. The van der Waals surface area contributed by atoms with Crippen LogP contribution in [0, 0.1) is 0 Å². The molecule has 0 aromatic heterocycles. The Labute approximate surface area is 85.0 Å². The van der Waals surface area contributed by atoms with Gasteiger partial charge < -0.3 is 0 Å². The second-order valence-corrected chi connectivity index (χ2v) is 3.74. The van der Waals surface area contributed by atoms with Crippen LogP contribution in [0.5, 0.6) is 0 Å². The van der Waals surface area contributed by atoms with Gasteiger partial charge in [-0.2, -0.15) is 0 Å². The Morgan fingerprint density at radius 1 is 1.42 bits per heavy atom. The number of hydrogen-bond acceptors (Lipinski definition) is 1. The first-order chi connectivity index (χ1) is 5.79. The van der Waals surface area contributed by atoms with Crippen molar-refractivity contribution >= 4 is 15.9 Å². The third kappa shape index (κ3) is 4.27. The Bertz CT molecular complexity index is 110. The number of rotatable bonds is 7. The van der Waals surface area contributed by atoms with Gasteiger partial charge in [-0.15, -0.1) is 6.58 Å². The van der Waals surface area contributed by atoms with Gasteiger partial charge in [-0.3, -0.25) is 4.90 Å². The van der Waals surface area contributed by atoms with Gasteiger partial charge in [0.15, 0.2) is 0 Å². The van der Waals surface area contributed by atoms with Crippen molar-refractivity contribution in [3.05, 3.63) is 12.7 Å². The van der Waals surface area contributed by atoms with Crippen molar-refractivity contribution in [3.8, 4) is 0 Å². The third-order valence-electron chi connectivity index (χ3n) is 2.19. The molecule has 0 heterocycles. The lowest BCUT2D eigenvalue weighted by Gasteiger charge is -2.28. The van der Waals surface area contributed by atoms with Crippen molar-refractivity contribution in [3.63, 3.8) is 0 Å². The van der Waals surface area contributed by atoms with E-state index in [1.807, 2.05) is 6.08 Å². The number of nitrogens with zero attached hydrogens (tertiary/aromatic N) is 1. The van der Waals surface area contributed by atoms with Gasteiger partial charge in [-0.05, 0) is 12.8 Å². The van der Waals surface area contributed by atoms with E-state index in [0.717, 1.165) is 24.5 Å². The van der Waals surface area contributed by atoms with Gasteiger partial charge in [0.2, 0.25) is 0 Å². The summed E-state index contributed by atoms with van der Waals surface area (Å²) in [5.74, 6) is 0. The Morgan fingerprint density at radius 3 is 2.33 bits per heavy atom. The summed E-state index contributed by atoms with van der Waals surface area (Å²) in [6, 6.07) is 0.723. The largest absolute Gasteiger partial charge is 0.296 e. The molecule has 0 saturated carbocycles. The average molecular weight is 234 g/mol. The van der Waals surface area contributed by atoms with Crippen LogP contribution in [-0.2, 0) is 0 Å². The van der Waals surface area contributed by atoms with E-state index in [9.17, 15) is 0 Å². The molecule has 0 unspecified atom stereocenters. The lowest BCUT2D eigenvalue weighted by molar-refractivity contribution is 0.219. The van der Waals surface area contributed by atoms with E-state index < -0.39 is 0 Å². The van der Waals surface area contributed by atoms with Gasteiger partial charge in [0.05, 0.1) is 0 Å². The maximum Gasteiger partial charge on any atom is 0.0163 e. The van der Waals surface area contributed by atoms with Crippen LogP contribution >= 0.6 is 15.9 Å². The molecule has 0 atom stereocenters. The van der Waals surface area contributed by atoms with E-state index in [-0.39, 0.29) is 0 Å². The molecule has 1 nitrogen and oxygen atoms in total. The van der Waals surface area contributed by atoms with Crippen molar-refractivity contribution < 1.29 is 0 Å². The number of alkyl halides is 1. The molecule has 12 heavy (non-hydrogen) atoms. The molecule has 0 spiro atoms. The molecule has 0 N–H and O–H groups in total. The van der Waals surface area contributed by atoms with Crippen molar-refractivity contribution in [2.24, 2.45) is 0 Å². The van der Waals surface area contributed by atoms with Crippen molar-refractivity contribution in [1.29, 1.82) is 0 Å². The van der Waals surface area contributed by atoms with Gasteiger partial charge in [-0.1, -0.05) is 35.9 Å². The Balaban J connectivity index is 3.94. The fourth-order valence-corrected chi connectivity index (χ4v) is 1.96. The lowest BCUT2D eigenvalue weighted by Crippen LogP contribution is -2.35. The van der Waals surface area contributed by atoms with E-state index in [1.54, 1.807) is 0 Å². The molecule has 0 aromatic rings. The SMILES string of the molecule is C=CCN(CCBr)C(CC)CC. The first kappa shape index (κ1) is 12.2. The molecule has 0 fully saturated rings. The maximum absolute atomic E-state index is 3.78. The van der Waals surface area contributed by atoms with Gasteiger partial charge >= 0.3 is 0 Å². The average Bonchev–Trinajstić information content (AvgIpc) is 2.07. The van der Waals surface area contributed by atoms with Crippen molar-refractivity contribution in [1.82, 2.24) is 4.90 Å². The van der Waals surface area contributed by atoms with Crippen LogP contribution in [0.1, 0.15) is 26.7 Å². The van der Waals surface area contributed by atoms with Crippen LogP contribution in [0.25, 0.3) is 0 Å². The first-order valence-corrected chi connectivity index (χ1v) is 5.83. The molecular weight excluding hydrogens is 214 g/mol. The molecule has 0 rings (SSSR count). The normalized spacial score (nSPS) is 11.1. The van der Waals surface area contributed by atoms with Crippen LogP contribution in [0.4, 0.5) is 0 Å². The fraction of sp³-hybridized carbons (Fsp3) is 0.800. The van der Waals surface area contributed by atoms with Crippen molar-refractivity contribution in [2.45, 2.75) is 32.7 Å². The van der Waals surface area contributed by atoms with Crippen LogP contribution in [0.15, 0.2) is 12.7 Å². The predicted molar refractivity (Wildman–Crippen MR) is 59.9 cm³/mol. The molecule has 0 aliphatic rings. The maximum atomic E-state index is 3.78. The summed E-state index contributed by atoms with van der Waals surface area (Å²) in [4.78, 5) is 2.47. The van der Waals surface area contributed by atoms with Gasteiger partial charge in [0.1, 0.15) is 0 Å². The zero-order valence-corrected chi connectivity index (χ0v) is 9.81. The highest BCUT2D eigenvalue weighted by Gasteiger charge is 2.11. The van der Waals surface area contributed by atoms with Crippen LogP contribution < -0.4 is 0 Å². The molecule has 0 aromatic carbocycles. The monoisotopic (exact) mass is 233 g/mol. The summed E-state index contributed by atoms with van der Waals surface area (Å²) in [6.45, 7) is 10.4. The van der Waals surface area contributed by atoms with E-state index in [1.165, 1.54) is 12.8 Å². The minimum Gasteiger partial charge on any atom is -0.296 e. The molecule has 0 amide bonds. The lowest BCUT2D eigenvalue weighted by atomic mass is 10.1. The Morgan fingerprint density at radius 2 is 2.00 bits per heavy atom. The highest BCUT2D eigenvalue weighted by Crippen LogP contribution is 2.08. The molecule has 72 valence electrons. The van der Waals surface area contributed by atoms with Crippen LogP contribution in [0.2, 0.25) is 0 Å². The van der Waals surface area contributed by atoms with Gasteiger partial charge in [-0.25, -0.2) is 0 Å². The first-order valence-electron chi connectivity index (χ1n) is 4.71. The van der Waals surface area contributed by atoms with E-state index >= 15 is 0 Å². The molecule has 0 saturated heterocycles. The molecule has 0 bridgehead atoms. The molecule has 0 aliphatic heterocycles. The van der Waals surface area contributed by atoms with Crippen LogP contribution in [-0.4, -0.2) is 29.4 Å². The molecular formula is C10H20BrN. The predicted octanol–water partition coefficient (Wildman–Crippen LogP) is 3.06. The standard InChI is InChI=1S/C10H20BrN/c1-4-8-12(9-7-11)10(5-2)6-3/h4,10H,1,5-9H2,2-3H3. The van der Waals surface area contributed by atoms with Gasteiger partial charge in [0, 0.05) is 24.5 Å². The van der Waals surface area contributed by atoms with Crippen LogP contribution in [0.3, 0.4) is 0 Å². The zero-order chi connectivity index (χ0) is 9.40. The second-order valence-electron chi connectivity index (χ2n) is 2.94. The van der Waals surface area contributed by atoms with E-state index in [4.69, 9.17) is 0 Å². The third-order valence-corrected chi connectivity index (χ3v) is 2.55. The van der Waals surface area contributed by atoms with Gasteiger partial charge in [0.25, 0.3) is 0 Å². The Kier molecular flexibility index (Phi) is 7.93. The van der Waals surface area contributed by atoms with E-state index in [0.29, 0.717) is 0 Å². The summed E-state index contributed by atoms with van der Waals surface area (Å²) in [7, 11) is 0. The quantitative estimate of drug-likeness (QED) is 0.483. The summed E-state index contributed by atoms with van der Waals surface area (Å²) >= 11 is 3.47. The highest BCUT2D eigenvalue weighted by atomic mass is 79.9. The Hall–Kier alpha value is 0.180. The fourth-order valence-electron chi connectivity index (χ4n) is 1.50. The summed E-state index contributed by atoms with van der Waals surface area (Å²) in [5.41, 5.74) is 0. The summed E-state index contributed by atoms with van der Waals surface area (Å²) in [5, 5.41) is 1.05. The molecule has 0 aliphatic carbocycles. The molecule has 2 heteroatoms. The number of halogens is 1. The topological polar surface area (TPSA) is 3.24 Å². The van der Waals surface area contributed by atoms with E-state index in [2.05, 4.69) is 41.3 Å². The highest BCUT2D eigenvalue weighted by molar-refractivity contribution is 9.09. The number of hydrogen-bond donors (Lipinski definition) is 0. The smallest absolute Gasteiger partial charge is 0.0163 e. The zero-order valence-electron chi connectivity index (χ0n) is 8.22. The minimum atomic E-state index is 0.723. The molecule has 0 radical (unpaired) electrons. The minimum absolute atomic E-state index is 0.723.